The van der Waals surface area contributed by atoms with E-state index in [0.717, 1.165) is 64.3 Å². The van der Waals surface area contributed by atoms with Crippen LogP contribution in [0.5, 0.6) is 0 Å². The SMILES string of the molecule is Cc1ccc(-n2cc(CC(=O)O)c3ccc(C)nc32)c(Cc2c(C)noc2C2CC2)c1. The van der Waals surface area contributed by atoms with Crippen molar-refractivity contribution in [3.63, 3.8) is 0 Å². The fourth-order valence-corrected chi connectivity index (χ4v) is 4.32. The monoisotopic (exact) mass is 415 g/mol. The number of carboxylic acid groups (broad SMARTS) is 1. The Labute approximate surface area is 180 Å². The number of carboxylic acids is 1. The molecule has 6 nitrogen and oxygen atoms in total. The van der Waals surface area contributed by atoms with Gasteiger partial charge in [-0.05, 0) is 62.9 Å². The second-order valence-electron chi connectivity index (χ2n) is 8.61. The zero-order valence-electron chi connectivity index (χ0n) is 18.0. The lowest BCUT2D eigenvalue weighted by Crippen LogP contribution is -2.03. The standard InChI is InChI=1S/C25H25N3O3/c1-14-4-9-22(18(10-14)11-21-16(3)27-31-24(21)17-6-7-17)28-13-19(12-23(29)30)20-8-5-15(2)26-25(20)28/h4-5,8-10,13,17H,6-7,11-12H2,1-3H3,(H,29,30). The molecule has 3 aromatic heterocycles. The molecule has 0 radical (unpaired) electrons. The highest BCUT2D eigenvalue weighted by atomic mass is 16.5. The Kier molecular flexibility index (Phi) is 4.65. The van der Waals surface area contributed by atoms with Crippen LogP contribution < -0.4 is 0 Å². The van der Waals surface area contributed by atoms with Crippen molar-refractivity contribution >= 4 is 17.0 Å². The van der Waals surface area contributed by atoms with Gasteiger partial charge in [-0.3, -0.25) is 4.79 Å². The Morgan fingerprint density at radius 3 is 2.71 bits per heavy atom. The molecule has 1 aromatic carbocycles. The fourth-order valence-electron chi connectivity index (χ4n) is 4.32. The van der Waals surface area contributed by atoms with Crippen molar-refractivity contribution in [2.24, 2.45) is 0 Å². The van der Waals surface area contributed by atoms with Crippen LogP contribution in [-0.4, -0.2) is 25.8 Å². The summed E-state index contributed by atoms with van der Waals surface area (Å²) >= 11 is 0. The minimum absolute atomic E-state index is 0.0357. The fraction of sp³-hybridized carbons (Fsp3) is 0.320. The Morgan fingerprint density at radius 1 is 1.16 bits per heavy atom. The molecule has 0 unspecified atom stereocenters. The summed E-state index contributed by atoms with van der Waals surface area (Å²) in [5.41, 5.74) is 7.88. The number of rotatable bonds is 6. The molecule has 0 amide bonds. The van der Waals surface area contributed by atoms with Crippen LogP contribution in [0.15, 0.2) is 41.1 Å². The first-order valence-electron chi connectivity index (χ1n) is 10.6. The van der Waals surface area contributed by atoms with E-state index in [2.05, 4.69) is 30.3 Å². The summed E-state index contributed by atoms with van der Waals surface area (Å²) in [6.45, 7) is 6.04. The van der Waals surface area contributed by atoms with Gasteiger partial charge in [0.1, 0.15) is 11.4 Å². The molecule has 1 N–H and O–H groups in total. The topological polar surface area (TPSA) is 81.2 Å². The van der Waals surface area contributed by atoms with Crippen molar-refractivity contribution in [2.45, 2.75) is 52.4 Å². The van der Waals surface area contributed by atoms with Gasteiger partial charge in [0.15, 0.2) is 0 Å². The second-order valence-corrected chi connectivity index (χ2v) is 8.61. The van der Waals surface area contributed by atoms with E-state index in [-0.39, 0.29) is 6.42 Å². The van der Waals surface area contributed by atoms with Gasteiger partial charge in [-0.25, -0.2) is 4.98 Å². The number of carbonyl (C=O) groups is 1. The first-order chi connectivity index (χ1) is 14.9. The molecule has 4 aromatic rings. The van der Waals surface area contributed by atoms with Gasteiger partial charge < -0.3 is 14.2 Å². The molecule has 5 rings (SSSR count). The maximum atomic E-state index is 11.4. The van der Waals surface area contributed by atoms with Gasteiger partial charge in [0, 0.05) is 35.2 Å². The quantitative estimate of drug-likeness (QED) is 0.477. The number of fused-ring (bicyclic) bond motifs is 1. The number of aromatic nitrogens is 3. The third-order valence-electron chi connectivity index (χ3n) is 6.04. The predicted molar refractivity (Wildman–Crippen MR) is 118 cm³/mol. The van der Waals surface area contributed by atoms with E-state index in [1.165, 1.54) is 11.1 Å². The molecule has 0 bridgehead atoms. The Morgan fingerprint density at radius 2 is 1.97 bits per heavy atom. The first-order valence-corrected chi connectivity index (χ1v) is 10.6. The smallest absolute Gasteiger partial charge is 0.307 e. The highest BCUT2D eigenvalue weighted by molar-refractivity contribution is 5.86. The Bertz CT molecular complexity index is 1310. The van der Waals surface area contributed by atoms with Gasteiger partial charge in [0.05, 0.1) is 17.8 Å². The van der Waals surface area contributed by atoms with Crippen LogP contribution in [0.2, 0.25) is 0 Å². The molecule has 1 aliphatic carbocycles. The average Bonchev–Trinajstić information content (AvgIpc) is 3.42. The minimum Gasteiger partial charge on any atom is -0.481 e. The number of pyridine rings is 1. The van der Waals surface area contributed by atoms with Crippen molar-refractivity contribution in [1.29, 1.82) is 0 Å². The summed E-state index contributed by atoms with van der Waals surface area (Å²) in [6, 6.07) is 10.3. The molecular formula is C25H25N3O3. The van der Waals surface area contributed by atoms with Crippen LogP contribution in [-0.2, 0) is 17.6 Å². The lowest BCUT2D eigenvalue weighted by Gasteiger charge is -2.13. The second kappa shape index (κ2) is 7.38. The van der Waals surface area contributed by atoms with E-state index < -0.39 is 5.97 Å². The van der Waals surface area contributed by atoms with Gasteiger partial charge in [0.2, 0.25) is 0 Å². The van der Waals surface area contributed by atoms with E-state index in [0.29, 0.717) is 5.92 Å². The average molecular weight is 415 g/mol. The van der Waals surface area contributed by atoms with Gasteiger partial charge in [-0.15, -0.1) is 0 Å². The van der Waals surface area contributed by atoms with Crippen molar-refractivity contribution in [3.05, 3.63) is 75.9 Å². The molecule has 3 heterocycles. The lowest BCUT2D eigenvalue weighted by atomic mass is 9.98. The number of aryl methyl sites for hydroxylation is 3. The highest BCUT2D eigenvalue weighted by Gasteiger charge is 2.31. The number of hydrogen-bond donors (Lipinski definition) is 1. The van der Waals surface area contributed by atoms with E-state index in [9.17, 15) is 9.90 Å². The Hall–Kier alpha value is -3.41. The molecular weight excluding hydrogens is 390 g/mol. The number of nitrogens with zero attached hydrogens (tertiary/aromatic N) is 3. The minimum atomic E-state index is -0.849. The largest absolute Gasteiger partial charge is 0.481 e. The predicted octanol–water partition coefficient (Wildman–Crippen LogP) is 5.03. The highest BCUT2D eigenvalue weighted by Crippen LogP contribution is 2.43. The maximum absolute atomic E-state index is 11.4. The van der Waals surface area contributed by atoms with Gasteiger partial charge in [0.25, 0.3) is 0 Å². The van der Waals surface area contributed by atoms with Crippen molar-refractivity contribution in [3.8, 4) is 5.69 Å². The van der Waals surface area contributed by atoms with Crippen molar-refractivity contribution in [2.75, 3.05) is 0 Å². The van der Waals surface area contributed by atoms with Crippen molar-refractivity contribution < 1.29 is 14.4 Å². The maximum Gasteiger partial charge on any atom is 0.307 e. The number of hydrogen-bond acceptors (Lipinski definition) is 4. The van der Waals surface area contributed by atoms with Crippen LogP contribution in [0.4, 0.5) is 0 Å². The molecule has 1 fully saturated rings. The summed E-state index contributed by atoms with van der Waals surface area (Å²) < 4.78 is 7.70. The van der Waals surface area contributed by atoms with E-state index in [1.807, 2.05) is 36.7 Å². The number of benzene rings is 1. The zero-order valence-corrected chi connectivity index (χ0v) is 18.0. The molecule has 0 aliphatic heterocycles. The summed E-state index contributed by atoms with van der Waals surface area (Å²) in [5, 5.41) is 14.5. The van der Waals surface area contributed by atoms with Gasteiger partial charge in [-0.1, -0.05) is 22.9 Å². The third kappa shape index (κ3) is 3.63. The molecule has 6 heteroatoms. The van der Waals surface area contributed by atoms with Crippen LogP contribution in [0.3, 0.4) is 0 Å². The van der Waals surface area contributed by atoms with E-state index in [1.54, 1.807) is 0 Å². The van der Waals surface area contributed by atoms with Crippen molar-refractivity contribution in [1.82, 2.24) is 14.7 Å². The summed E-state index contributed by atoms with van der Waals surface area (Å²) in [5.74, 6) is 0.657. The molecule has 0 saturated heterocycles. The van der Waals surface area contributed by atoms with Crippen LogP contribution in [0, 0.1) is 20.8 Å². The summed E-state index contributed by atoms with van der Waals surface area (Å²) in [7, 11) is 0. The molecule has 1 aliphatic rings. The van der Waals surface area contributed by atoms with Gasteiger partial charge >= 0.3 is 5.97 Å². The zero-order chi connectivity index (χ0) is 21.7. The molecule has 1 saturated carbocycles. The Balaban J connectivity index is 1.67. The van der Waals surface area contributed by atoms with Crippen LogP contribution in [0.25, 0.3) is 16.7 Å². The summed E-state index contributed by atoms with van der Waals surface area (Å²) in [6.07, 6.45) is 4.92. The molecule has 31 heavy (non-hydrogen) atoms. The summed E-state index contributed by atoms with van der Waals surface area (Å²) in [4.78, 5) is 16.2. The van der Waals surface area contributed by atoms with Crippen LogP contribution >= 0.6 is 0 Å². The van der Waals surface area contributed by atoms with Gasteiger partial charge in [-0.2, -0.15) is 0 Å². The third-order valence-corrected chi connectivity index (χ3v) is 6.04. The van der Waals surface area contributed by atoms with E-state index >= 15 is 0 Å². The molecule has 0 spiro atoms. The normalized spacial score (nSPS) is 13.8. The molecule has 0 atom stereocenters. The van der Waals surface area contributed by atoms with Crippen LogP contribution in [0.1, 0.15) is 58.2 Å². The lowest BCUT2D eigenvalue weighted by molar-refractivity contribution is -0.136. The van der Waals surface area contributed by atoms with E-state index in [4.69, 9.17) is 9.51 Å². The molecule has 158 valence electrons. The number of aliphatic carboxylic acids is 1. The first kappa shape index (κ1) is 19.5.